The molecule has 3 aliphatic heterocycles. The number of benzene rings is 2. The molecular weight excluding hydrogens is 640 g/mol. The van der Waals surface area contributed by atoms with Gasteiger partial charge in [0.15, 0.2) is 0 Å². The van der Waals surface area contributed by atoms with Crippen molar-refractivity contribution in [2.75, 3.05) is 37.3 Å². The first-order valence-electron chi connectivity index (χ1n) is 15.3. The minimum Gasteiger partial charge on any atom is -0.475 e. The molecule has 0 saturated carbocycles. The average molecular weight is 675 g/mol. The van der Waals surface area contributed by atoms with Gasteiger partial charge in [0.2, 0.25) is 10.0 Å². The first kappa shape index (κ1) is 32.7. The number of nitrogens with zero attached hydrogens (tertiary/aromatic N) is 6. The van der Waals surface area contributed by atoms with E-state index >= 15 is 0 Å². The normalized spacial score (nSPS) is 19.2. The number of imidazole rings is 1. The topological polar surface area (TPSA) is 114 Å². The van der Waals surface area contributed by atoms with Crippen LogP contribution in [0.5, 0.6) is 0 Å². The van der Waals surface area contributed by atoms with Crippen molar-refractivity contribution in [2.45, 2.75) is 43.9 Å². The third-order valence-electron chi connectivity index (χ3n) is 9.25. The fourth-order valence-electron chi connectivity index (χ4n) is 6.86. The number of carboxylic acids is 1. The van der Waals surface area contributed by atoms with Crippen molar-refractivity contribution < 1.29 is 35.9 Å². The SMILES string of the molecule is CS(=O)(=O)N1CCC(n2cc(-c3ccc(N4CCC(C5c6c(F)cccc6-c6cncn65)CC4)cc3)cn2)CC1.O=C(O)C(F)(F)F. The molecule has 2 aromatic heterocycles. The predicted molar refractivity (Wildman–Crippen MR) is 167 cm³/mol. The number of carboxylic acid groups (broad SMARTS) is 1. The van der Waals surface area contributed by atoms with Crippen LogP contribution in [-0.2, 0) is 14.8 Å². The van der Waals surface area contributed by atoms with Crippen LogP contribution in [0.2, 0.25) is 0 Å². The third kappa shape index (κ3) is 6.77. The Balaban J connectivity index is 0.000000499. The Labute approximate surface area is 269 Å². The first-order valence-corrected chi connectivity index (χ1v) is 17.1. The van der Waals surface area contributed by atoms with Gasteiger partial charge in [0.05, 0.1) is 42.8 Å². The van der Waals surface area contributed by atoms with Gasteiger partial charge in [-0.2, -0.15) is 18.3 Å². The zero-order valence-corrected chi connectivity index (χ0v) is 26.3. The maximum atomic E-state index is 14.9. The lowest BCUT2D eigenvalue weighted by Gasteiger charge is -2.37. The lowest BCUT2D eigenvalue weighted by molar-refractivity contribution is -0.192. The zero-order chi connectivity index (χ0) is 33.5. The van der Waals surface area contributed by atoms with E-state index in [4.69, 9.17) is 9.90 Å². The summed E-state index contributed by atoms with van der Waals surface area (Å²) in [4.78, 5) is 15.7. The smallest absolute Gasteiger partial charge is 0.475 e. The van der Waals surface area contributed by atoms with Gasteiger partial charge in [-0.25, -0.2) is 26.9 Å². The number of anilines is 1. The number of halogens is 4. The van der Waals surface area contributed by atoms with Crippen molar-refractivity contribution in [1.82, 2.24) is 23.6 Å². The molecule has 2 fully saturated rings. The Hall–Kier alpha value is -4.24. The number of alkyl halides is 3. The molecule has 0 spiro atoms. The van der Waals surface area contributed by atoms with E-state index in [1.807, 2.05) is 29.5 Å². The van der Waals surface area contributed by atoms with Crippen LogP contribution in [0, 0.1) is 11.7 Å². The Morgan fingerprint density at radius 1 is 0.936 bits per heavy atom. The predicted octanol–water partition coefficient (Wildman–Crippen LogP) is 5.60. The van der Waals surface area contributed by atoms with Gasteiger partial charge in [-0.05, 0) is 55.4 Å². The number of aliphatic carboxylic acids is 1. The van der Waals surface area contributed by atoms with Crippen molar-refractivity contribution >= 4 is 21.7 Å². The van der Waals surface area contributed by atoms with Gasteiger partial charge < -0.3 is 14.6 Å². The molecule has 15 heteroatoms. The van der Waals surface area contributed by atoms with Gasteiger partial charge in [-0.3, -0.25) is 4.68 Å². The molecule has 1 N–H and O–H groups in total. The molecule has 250 valence electrons. The summed E-state index contributed by atoms with van der Waals surface area (Å²) in [5.41, 5.74) is 6.19. The summed E-state index contributed by atoms with van der Waals surface area (Å²) >= 11 is 0. The highest BCUT2D eigenvalue weighted by atomic mass is 32.2. The van der Waals surface area contributed by atoms with Gasteiger partial charge >= 0.3 is 12.1 Å². The number of hydrogen-bond acceptors (Lipinski definition) is 6. The van der Waals surface area contributed by atoms with Crippen molar-refractivity contribution in [1.29, 1.82) is 0 Å². The molecule has 7 rings (SSSR count). The number of fused-ring (bicyclic) bond motifs is 3. The third-order valence-corrected chi connectivity index (χ3v) is 10.6. The van der Waals surface area contributed by atoms with Gasteiger partial charge in [-0.15, -0.1) is 0 Å². The van der Waals surface area contributed by atoms with Crippen LogP contribution in [0.4, 0.5) is 23.2 Å². The van der Waals surface area contributed by atoms with Crippen LogP contribution in [0.3, 0.4) is 0 Å². The number of sulfonamides is 1. The Morgan fingerprint density at radius 3 is 2.21 bits per heavy atom. The lowest BCUT2D eigenvalue weighted by atomic mass is 9.85. The zero-order valence-electron chi connectivity index (χ0n) is 25.5. The van der Waals surface area contributed by atoms with Gasteiger partial charge in [0.25, 0.3) is 0 Å². The van der Waals surface area contributed by atoms with Crippen molar-refractivity contribution in [3.63, 3.8) is 0 Å². The van der Waals surface area contributed by atoms with Crippen LogP contribution < -0.4 is 4.90 Å². The summed E-state index contributed by atoms with van der Waals surface area (Å²) in [5, 5.41) is 11.7. The molecule has 0 amide bonds. The monoisotopic (exact) mass is 674 g/mol. The summed E-state index contributed by atoms with van der Waals surface area (Å²) in [7, 11) is -3.13. The minimum absolute atomic E-state index is 0.00775. The molecule has 1 atom stereocenters. The van der Waals surface area contributed by atoms with Crippen molar-refractivity contribution in [3.05, 3.63) is 78.8 Å². The molecule has 0 bridgehead atoms. The number of piperidine rings is 2. The van der Waals surface area contributed by atoms with Crippen LogP contribution in [0.15, 0.2) is 67.4 Å². The van der Waals surface area contributed by atoms with E-state index in [1.165, 1.54) is 11.9 Å². The second-order valence-electron chi connectivity index (χ2n) is 12.1. The highest BCUT2D eigenvalue weighted by Crippen LogP contribution is 2.47. The summed E-state index contributed by atoms with van der Waals surface area (Å²) in [6.45, 7) is 2.93. The summed E-state index contributed by atoms with van der Waals surface area (Å²) < 4.78 is 76.0. The average Bonchev–Trinajstić information content (AvgIpc) is 3.79. The van der Waals surface area contributed by atoms with Crippen LogP contribution in [0.25, 0.3) is 22.4 Å². The van der Waals surface area contributed by atoms with Gasteiger partial charge in [0, 0.05) is 54.8 Å². The molecule has 2 aromatic carbocycles. The number of rotatable bonds is 5. The molecule has 4 aromatic rings. The van der Waals surface area contributed by atoms with Crippen LogP contribution >= 0.6 is 0 Å². The quantitative estimate of drug-likeness (QED) is 0.274. The Kier molecular flexibility index (Phi) is 8.87. The molecule has 1 unspecified atom stereocenters. The summed E-state index contributed by atoms with van der Waals surface area (Å²) in [6.07, 6.45) is 7.37. The van der Waals surface area contributed by atoms with E-state index in [1.54, 1.807) is 16.4 Å². The molecule has 5 heterocycles. The molecule has 2 saturated heterocycles. The van der Waals surface area contributed by atoms with Crippen molar-refractivity contribution in [2.24, 2.45) is 5.92 Å². The molecule has 0 aliphatic carbocycles. The van der Waals surface area contributed by atoms with Crippen molar-refractivity contribution in [3.8, 4) is 22.4 Å². The Bertz CT molecular complexity index is 1840. The van der Waals surface area contributed by atoms with E-state index < -0.39 is 22.2 Å². The molecule has 0 radical (unpaired) electrons. The molecule has 10 nitrogen and oxygen atoms in total. The fraction of sp³-hybridized carbons (Fsp3) is 0.406. The number of hydrogen-bond donors (Lipinski definition) is 1. The summed E-state index contributed by atoms with van der Waals surface area (Å²) in [5.74, 6) is -2.52. The molecule has 3 aliphatic rings. The van der Waals surface area contributed by atoms with Crippen LogP contribution in [-0.4, -0.2) is 81.7 Å². The van der Waals surface area contributed by atoms with E-state index in [0.717, 1.165) is 66.7 Å². The van der Waals surface area contributed by atoms with E-state index in [-0.39, 0.29) is 17.9 Å². The van der Waals surface area contributed by atoms with E-state index in [0.29, 0.717) is 19.0 Å². The highest BCUT2D eigenvalue weighted by Gasteiger charge is 2.39. The first-order chi connectivity index (χ1) is 22.3. The van der Waals surface area contributed by atoms with Gasteiger partial charge in [-0.1, -0.05) is 24.3 Å². The standard InChI is InChI=1S/C30H33FN6O2S.C2HF3O2/c1-40(38,39)35-15-11-25(12-16-35)37-19-23(17-33-37)21-5-7-24(8-6-21)34-13-9-22(10-14-34)30-29-26(3-2-4-27(29)31)28-18-32-20-36(28)30;3-2(4,5)1(6)7/h2-8,17-20,22,25,30H,9-16H2,1H3;(H,6,7). The highest BCUT2D eigenvalue weighted by molar-refractivity contribution is 7.88. The largest absolute Gasteiger partial charge is 0.490 e. The van der Waals surface area contributed by atoms with E-state index in [2.05, 4.69) is 50.0 Å². The lowest BCUT2D eigenvalue weighted by Crippen LogP contribution is -2.38. The van der Waals surface area contributed by atoms with Crippen LogP contribution in [0.1, 0.15) is 43.3 Å². The van der Waals surface area contributed by atoms with E-state index in [9.17, 15) is 26.0 Å². The maximum Gasteiger partial charge on any atom is 0.490 e. The molecule has 47 heavy (non-hydrogen) atoms. The molecular formula is C32H34F4N6O4S. The fourth-order valence-corrected chi connectivity index (χ4v) is 7.74. The number of carbonyl (C=O) groups is 1. The number of aromatic nitrogens is 4. The second kappa shape index (κ2) is 12.8. The second-order valence-corrected chi connectivity index (χ2v) is 14.1. The minimum atomic E-state index is -5.08. The maximum absolute atomic E-state index is 14.9. The van der Waals surface area contributed by atoms with Gasteiger partial charge in [0.1, 0.15) is 5.82 Å². The Morgan fingerprint density at radius 2 is 1.60 bits per heavy atom. The summed E-state index contributed by atoms with van der Waals surface area (Å²) in [6, 6.07) is 14.2.